The zero-order chi connectivity index (χ0) is 26.2. The first kappa shape index (κ1) is 28.0. The number of benzene rings is 2. The van der Waals surface area contributed by atoms with Crippen LogP contribution in [0.15, 0.2) is 47.6 Å². The van der Waals surface area contributed by atoms with Crippen LogP contribution in [0.5, 0.6) is 0 Å². The summed E-state index contributed by atoms with van der Waals surface area (Å²) in [7, 11) is 0. The van der Waals surface area contributed by atoms with Crippen LogP contribution in [-0.2, 0) is 4.79 Å². The van der Waals surface area contributed by atoms with Gasteiger partial charge in [-0.2, -0.15) is 0 Å². The molecule has 1 aliphatic rings. The maximum absolute atomic E-state index is 12.3. The Bertz CT molecular complexity index is 1180. The molecule has 0 aliphatic carbocycles. The molecular formula is C28H35Cl2N5OS. The van der Waals surface area contributed by atoms with Crippen molar-refractivity contribution in [1.29, 1.82) is 0 Å². The first-order valence-corrected chi connectivity index (χ1v) is 14.8. The van der Waals surface area contributed by atoms with Gasteiger partial charge in [0.1, 0.15) is 0 Å². The predicted octanol–water partition coefficient (Wildman–Crippen LogP) is 6.80. The molecule has 6 nitrogen and oxygen atoms in total. The van der Waals surface area contributed by atoms with E-state index in [4.69, 9.17) is 23.2 Å². The van der Waals surface area contributed by atoms with Crippen molar-refractivity contribution >= 4 is 40.9 Å². The molecule has 37 heavy (non-hydrogen) atoms. The second kappa shape index (κ2) is 13.7. The van der Waals surface area contributed by atoms with Gasteiger partial charge in [-0.25, -0.2) is 0 Å². The SMILES string of the molecule is Cc1ccc(-c2nnc(SCCCC(=O)NCCCN3CCCCC3C)n2-c2ccc(Cl)c(Cl)c2)cc1. The van der Waals surface area contributed by atoms with Crippen LogP contribution in [0.2, 0.25) is 10.0 Å². The van der Waals surface area contributed by atoms with Gasteiger partial charge >= 0.3 is 0 Å². The number of hydrogen-bond acceptors (Lipinski definition) is 5. The van der Waals surface area contributed by atoms with E-state index in [0.29, 0.717) is 22.5 Å². The van der Waals surface area contributed by atoms with Crippen LogP contribution in [-0.4, -0.2) is 57.0 Å². The fourth-order valence-corrected chi connectivity index (χ4v) is 5.78. The minimum absolute atomic E-state index is 0.110. The van der Waals surface area contributed by atoms with Crippen molar-refractivity contribution in [2.75, 3.05) is 25.4 Å². The van der Waals surface area contributed by atoms with Gasteiger partial charge in [-0.05, 0) is 64.3 Å². The molecule has 0 saturated carbocycles. The first-order valence-electron chi connectivity index (χ1n) is 13.0. The number of thioether (sulfide) groups is 1. The summed E-state index contributed by atoms with van der Waals surface area (Å²) < 4.78 is 2.00. The number of nitrogens with zero attached hydrogens (tertiary/aromatic N) is 4. The summed E-state index contributed by atoms with van der Waals surface area (Å²) in [6, 6.07) is 14.4. The molecule has 3 aromatic rings. The van der Waals surface area contributed by atoms with E-state index in [1.807, 2.05) is 28.8 Å². The number of hydrogen-bond donors (Lipinski definition) is 1. The molecule has 4 rings (SSSR count). The van der Waals surface area contributed by atoms with Gasteiger partial charge in [0.2, 0.25) is 5.91 Å². The molecule has 1 N–H and O–H groups in total. The van der Waals surface area contributed by atoms with Gasteiger partial charge in [0.25, 0.3) is 0 Å². The Hall–Kier alpha value is -2.06. The van der Waals surface area contributed by atoms with Crippen LogP contribution >= 0.6 is 35.0 Å². The van der Waals surface area contributed by atoms with E-state index in [-0.39, 0.29) is 5.91 Å². The molecule has 0 radical (unpaired) electrons. The van der Waals surface area contributed by atoms with E-state index in [1.54, 1.807) is 17.8 Å². The van der Waals surface area contributed by atoms with E-state index >= 15 is 0 Å². The third-order valence-electron chi connectivity index (χ3n) is 6.77. The number of likely N-dealkylation sites (tertiary alicyclic amines) is 1. The molecule has 1 amide bonds. The van der Waals surface area contributed by atoms with E-state index in [9.17, 15) is 4.79 Å². The maximum Gasteiger partial charge on any atom is 0.220 e. The Balaban J connectivity index is 1.31. The zero-order valence-electron chi connectivity index (χ0n) is 21.6. The standard InChI is InChI=1S/C28H35Cl2N5OS/c1-20-9-11-22(12-10-20)27-32-33-28(35(27)23-13-14-24(29)25(30)19-23)37-18-5-8-26(36)31-15-6-17-34-16-4-3-7-21(34)2/h9-14,19,21H,3-8,15-18H2,1-2H3,(H,31,36). The largest absolute Gasteiger partial charge is 0.356 e. The number of aryl methyl sites for hydroxylation is 1. The zero-order valence-corrected chi connectivity index (χ0v) is 23.9. The fraction of sp³-hybridized carbons (Fsp3) is 0.464. The normalized spacial score (nSPS) is 16.2. The molecule has 1 fully saturated rings. The molecular weight excluding hydrogens is 525 g/mol. The lowest BCUT2D eigenvalue weighted by atomic mass is 10.0. The van der Waals surface area contributed by atoms with Crippen molar-refractivity contribution in [1.82, 2.24) is 25.0 Å². The van der Waals surface area contributed by atoms with Crippen molar-refractivity contribution in [3.63, 3.8) is 0 Å². The topological polar surface area (TPSA) is 63.1 Å². The highest BCUT2D eigenvalue weighted by Crippen LogP contribution is 2.31. The van der Waals surface area contributed by atoms with Crippen molar-refractivity contribution in [3.05, 3.63) is 58.1 Å². The molecule has 2 aromatic carbocycles. The Morgan fingerprint density at radius 1 is 1.08 bits per heavy atom. The second-order valence-electron chi connectivity index (χ2n) is 9.64. The van der Waals surface area contributed by atoms with Gasteiger partial charge in [-0.3, -0.25) is 9.36 Å². The number of aromatic nitrogens is 3. The van der Waals surface area contributed by atoms with Crippen LogP contribution in [0.25, 0.3) is 17.1 Å². The van der Waals surface area contributed by atoms with Gasteiger partial charge in [-0.15, -0.1) is 10.2 Å². The maximum atomic E-state index is 12.3. The predicted molar refractivity (Wildman–Crippen MR) is 154 cm³/mol. The van der Waals surface area contributed by atoms with Crippen LogP contribution in [0.4, 0.5) is 0 Å². The van der Waals surface area contributed by atoms with E-state index in [1.165, 1.54) is 31.4 Å². The summed E-state index contributed by atoms with van der Waals surface area (Å²) in [5.74, 6) is 1.60. The summed E-state index contributed by atoms with van der Waals surface area (Å²) in [6.45, 7) is 7.35. The molecule has 0 bridgehead atoms. The van der Waals surface area contributed by atoms with Crippen molar-refractivity contribution in [2.24, 2.45) is 0 Å². The summed E-state index contributed by atoms with van der Waals surface area (Å²) in [5, 5.41) is 13.8. The third kappa shape index (κ3) is 7.73. The van der Waals surface area contributed by atoms with Crippen molar-refractivity contribution in [3.8, 4) is 17.1 Å². The highest BCUT2D eigenvalue weighted by atomic mass is 35.5. The minimum atomic E-state index is 0.110. The third-order valence-corrected chi connectivity index (χ3v) is 8.52. The van der Waals surface area contributed by atoms with Crippen LogP contribution < -0.4 is 5.32 Å². The first-order chi connectivity index (χ1) is 17.9. The monoisotopic (exact) mass is 559 g/mol. The lowest BCUT2D eigenvalue weighted by Crippen LogP contribution is -2.39. The van der Waals surface area contributed by atoms with E-state index < -0.39 is 0 Å². The lowest BCUT2D eigenvalue weighted by molar-refractivity contribution is -0.121. The second-order valence-corrected chi connectivity index (χ2v) is 11.5. The number of halogens is 2. The Morgan fingerprint density at radius 2 is 1.89 bits per heavy atom. The highest BCUT2D eigenvalue weighted by molar-refractivity contribution is 7.99. The Morgan fingerprint density at radius 3 is 2.65 bits per heavy atom. The molecule has 0 spiro atoms. The molecule has 1 saturated heterocycles. The number of rotatable bonds is 11. The van der Waals surface area contributed by atoms with E-state index in [0.717, 1.165) is 53.9 Å². The molecule has 1 unspecified atom stereocenters. The molecule has 2 heterocycles. The summed E-state index contributed by atoms with van der Waals surface area (Å²) in [5.41, 5.74) is 2.99. The quantitative estimate of drug-likeness (QED) is 0.206. The Labute approximate surface area is 234 Å². The van der Waals surface area contributed by atoms with Gasteiger partial charge in [0, 0.05) is 36.9 Å². The van der Waals surface area contributed by atoms with Gasteiger partial charge in [0.15, 0.2) is 11.0 Å². The number of carbonyl (C=O) groups is 1. The average Bonchev–Trinajstić information content (AvgIpc) is 3.31. The van der Waals surface area contributed by atoms with Crippen LogP contribution in [0.3, 0.4) is 0 Å². The summed E-state index contributed by atoms with van der Waals surface area (Å²) >= 11 is 14.1. The number of piperidine rings is 1. The molecule has 1 aromatic heterocycles. The molecule has 9 heteroatoms. The number of amides is 1. The summed E-state index contributed by atoms with van der Waals surface area (Å²) in [6.07, 6.45) is 6.17. The van der Waals surface area contributed by atoms with Gasteiger partial charge in [-0.1, -0.05) is 71.2 Å². The van der Waals surface area contributed by atoms with E-state index in [2.05, 4.69) is 46.4 Å². The van der Waals surface area contributed by atoms with Gasteiger partial charge < -0.3 is 10.2 Å². The number of nitrogens with one attached hydrogen (secondary N) is 1. The van der Waals surface area contributed by atoms with Crippen molar-refractivity contribution < 1.29 is 4.79 Å². The highest BCUT2D eigenvalue weighted by Gasteiger charge is 2.18. The number of carbonyl (C=O) groups excluding carboxylic acids is 1. The van der Waals surface area contributed by atoms with Crippen LogP contribution in [0.1, 0.15) is 51.0 Å². The lowest BCUT2D eigenvalue weighted by Gasteiger charge is -2.33. The fourth-order valence-electron chi connectivity index (χ4n) is 4.59. The molecule has 1 aliphatic heterocycles. The average molecular weight is 561 g/mol. The molecule has 1 atom stereocenters. The molecule has 198 valence electrons. The minimum Gasteiger partial charge on any atom is -0.356 e. The van der Waals surface area contributed by atoms with Crippen LogP contribution in [0, 0.1) is 6.92 Å². The van der Waals surface area contributed by atoms with Crippen molar-refractivity contribution in [2.45, 2.75) is 63.6 Å². The Kier molecular flexibility index (Phi) is 10.3. The van der Waals surface area contributed by atoms with Gasteiger partial charge in [0.05, 0.1) is 15.7 Å². The smallest absolute Gasteiger partial charge is 0.220 e. The summed E-state index contributed by atoms with van der Waals surface area (Å²) in [4.78, 5) is 14.9.